The Labute approximate surface area is 185 Å². The van der Waals surface area contributed by atoms with E-state index in [0.29, 0.717) is 35.1 Å². The SMILES string of the molecule is CCNS(=O)(=O)c1cccc(C(=O)N2CCCC2C(=O)Nc2cc(Cl)cc(Cl)c2)c1. The van der Waals surface area contributed by atoms with Gasteiger partial charge in [0, 0.05) is 34.4 Å². The van der Waals surface area contributed by atoms with Gasteiger partial charge in [0.05, 0.1) is 4.90 Å². The first-order chi connectivity index (χ1) is 14.2. The van der Waals surface area contributed by atoms with Crippen LogP contribution in [0.25, 0.3) is 0 Å². The van der Waals surface area contributed by atoms with E-state index >= 15 is 0 Å². The highest BCUT2D eigenvalue weighted by atomic mass is 35.5. The Balaban J connectivity index is 1.80. The first-order valence-corrected chi connectivity index (χ1v) is 11.6. The molecule has 1 fully saturated rings. The van der Waals surface area contributed by atoms with Gasteiger partial charge < -0.3 is 10.2 Å². The third kappa shape index (κ3) is 5.13. The molecule has 7 nitrogen and oxygen atoms in total. The van der Waals surface area contributed by atoms with Gasteiger partial charge in [-0.3, -0.25) is 9.59 Å². The molecule has 0 spiro atoms. The number of hydrogen-bond acceptors (Lipinski definition) is 4. The van der Waals surface area contributed by atoms with Crippen molar-refractivity contribution in [1.29, 1.82) is 0 Å². The third-order valence-corrected chi connectivity index (χ3v) is 6.65. The summed E-state index contributed by atoms with van der Waals surface area (Å²) in [4.78, 5) is 27.3. The highest BCUT2D eigenvalue weighted by molar-refractivity contribution is 7.89. The van der Waals surface area contributed by atoms with Crippen molar-refractivity contribution >= 4 is 50.7 Å². The molecule has 30 heavy (non-hydrogen) atoms. The Morgan fingerprint density at radius 2 is 1.83 bits per heavy atom. The number of hydrogen-bond donors (Lipinski definition) is 2. The van der Waals surface area contributed by atoms with Gasteiger partial charge in [-0.2, -0.15) is 0 Å². The summed E-state index contributed by atoms with van der Waals surface area (Å²) in [6.07, 6.45) is 1.16. The maximum atomic E-state index is 13.0. The van der Waals surface area contributed by atoms with Crippen molar-refractivity contribution in [3.05, 3.63) is 58.1 Å². The lowest BCUT2D eigenvalue weighted by Crippen LogP contribution is -2.43. The van der Waals surface area contributed by atoms with Crippen LogP contribution in [0.1, 0.15) is 30.1 Å². The van der Waals surface area contributed by atoms with Gasteiger partial charge in [0.1, 0.15) is 6.04 Å². The minimum absolute atomic E-state index is 0.00367. The van der Waals surface area contributed by atoms with Crippen LogP contribution in [0.3, 0.4) is 0 Å². The molecule has 1 unspecified atom stereocenters. The van der Waals surface area contributed by atoms with Gasteiger partial charge in [-0.1, -0.05) is 36.2 Å². The van der Waals surface area contributed by atoms with Crippen molar-refractivity contribution in [1.82, 2.24) is 9.62 Å². The number of sulfonamides is 1. The summed E-state index contributed by atoms with van der Waals surface area (Å²) in [5.41, 5.74) is 0.648. The topological polar surface area (TPSA) is 95.6 Å². The van der Waals surface area contributed by atoms with E-state index in [4.69, 9.17) is 23.2 Å². The van der Waals surface area contributed by atoms with E-state index in [-0.39, 0.29) is 22.9 Å². The van der Waals surface area contributed by atoms with Crippen molar-refractivity contribution < 1.29 is 18.0 Å². The summed E-state index contributed by atoms with van der Waals surface area (Å²) >= 11 is 11.9. The number of anilines is 1. The number of nitrogens with zero attached hydrogens (tertiary/aromatic N) is 1. The number of nitrogens with one attached hydrogen (secondary N) is 2. The van der Waals surface area contributed by atoms with Crippen molar-refractivity contribution in [2.75, 3.05) is 18.4 Å². The van der Waals surface area contributed by atoms with E-state index in [1.54, 1.807) is 25.1 Å². The van der Waals surface area contributed by atoms with Crippen LogP contribution in [-0.2, 0) is 14.8 Å². The molecule has 0 saturated carbocycles. The number of amides is 2. The zero-order valence-corrected chi connectivity index (χ0v) is 18.5. The number of carbonyl (C=O) groups is 2. The summed E-state index contributed by atoms with van der Waals surface area (Å²) in [7, 11) is -3.69. The normalized spacial score (nSPS) is 16.5. The Bertz CT molecular complexity index is 1060. The molecule has 1 heterocycles. The molecule has 1 atom stereocenters. The molecule has 0 bridgehead atoms. The van der Waals surface area contributed by atoms with Gasteiger partial charge >= 0.3 is 0 Å². The van der Waals surface area contributed by atoms with Crippen LogP contribution in [0.2, 0.25) is 10.0 Å². The second-order valence-corrected chi connectivity index (χ2v) is 9.47. The average Bonchev–Trinajstić information content (AvgIpc) is 3.16. The maximum absolute atomic E-state index is 13.0. The zero-order chi connectivity index (χ0) is 21.9. The monoisotopic (exact) mass is 469 g/mol. The molecule has 2 amide bonds. The highest BCUT2D eigenvalue weighted by Crippen LogP contribution is 2.26. The van der Waals surface area contributed by atoms with Gasteiger partial charge in [-0.15, -0.1) is 0 Å². The third-order valence-electron chi connectivity index (χ3n) is 4.67. The van der Waals surface area contributed by atoms with Gasteiger partial charge in [-0.05, 0) is 49.2 Å². The largest absolute Gasteiger partial charge is 0.327 e. The quantitative estimate of drug-likeness (QED) is 0.675. The molecular weight excluding hydrogens is 449 g/mol. The average molecular weight is 470 g/mol. The molecule has 1 aliphatic heterocycles. The van der Waals surface area contributed by atoms with Gasteiger partial charge in [0.15, 0.2) is 0 Å². The summed E-state index contributed by atoms with van der Waals surface area (Å²) in [6, 6.07) is 9.82. The molecule has 0 aromatic heterocycles. The lowest BCUT2D eigenvalue weighted by molar-refractivity contribution is -0.119. The predicted octanol–water partition coefficient (Wildman–Crippen LogP) is 3.53. The number of halogens is 2. The van der Waals surface area contributed by atoms with E-state index in [1.165, 1.54) is 29.2 Å². The second-order valence-electron chi connectivity index (χ2n) is 6.83. The zero-order valence-electron chi connectivity index (χ0n) is 16.2. The fourth-order valence-corrected chi connectivity index (χ4v) is 4.98. The lowest BCUT2D eigenvalue weighted by Gasteiger charge is -2.24. The first kappa shape index (κ1) is 22.6. The Kier molecular flexibility index (Phi) is 7.02. The molecule has 1 aliphatic rings. The fourth-order valence-electron chi connectivity index (χ4n) is 3.37. The molecule has 160 valence electrons. The van der Waals surface area contributed by atoms with Crippen LogP contribution >= 0.6 is 23.2 Å². The van der Waals surface area contributed by atoms with Crippen LogP contribution in [0.4, 0.5) is 5.69 Å². The lowest BCUT2D eigenvalue weighted by atomic mass is 10.1. The predicted molar refractivity (Wildman–Crippen MR) is 116 cm³/mol. The number of rotatable bonds is 6. The van der Waals surface area contributed by atoms with Crippen LogP contribution in [0.5, 0.6) is 0 Å². The standard InChI is InChI=1S/C20H21Cl2N3O4S/c1-2-23-30(28,29)17-6-3-5-13(9-17)20(27)25-8-4-7-18(25)19(26)24-16-11-14(21)10-15(22)12-16/h3,5-6,9-12,18,23H,2,4,7-8H2,1H3,(H,24,26). The smallest absolute Gasteiger partial charge is 0.254 e. The molecule has 2 aromatic rings. The summed E-state index contributed by atoms with van der Waals surface area (Å²) in [6.45, 7) is 2.31. The Morgan fingerprint density at radius 3 is 2.50 bits per heavy atom. The fraction of sp³-hybridized carbons (Fsp3) is 0.300. The van der Waals surface area contributed by atoms with Crippen LogP contribution < -0.4 is 10.0 Å². The molecule has 3 rings (SSSR count). The van der Waals surface area contributed by atoms with Crippen molar-refractivity contribution in [2.45, 2.75) is 30.7 Å². The minimum atomic E-state index is -3.69. The van der Waals surface area contributed by atoms with Crippen LogP contribution in [-0.4, -0.2) is 44.3 Å². The van der Waals surface area contributed by atoms with Crippen LogP contribution in [0.15, 0.2) is 47.4 Å². The Morgan fingerprint density at radius 1 is 1.13 bits per heavy atom. The molecule has 2 aromatic carbocycles. The van der Waals surface area contributed by atoms with E-state index in [0.717, 1.165) is 0 Å². The highest BCUT2D eigenvalue weighted by Gasteiger charge is 2.35. The van der Waals surface area contributed by atoms with Crippen molar-refractivity contribution in [3.63, 3.8) is 0 Å². The van der Waals surface area contributed by atoms with Gasteiger partial charge in [0.2, 0.25) is 15.9 Å². The van der Waals surface area contributed by atoms with Crippen molar-refractivity contribution in [3.8, 4) is 0 Å². The second kappa shape index (κ2) is 9.34. The van der Waals surface area contributed by atoms with E-state index in [2.05, 4.69) is 10.0 Å². The van der Waals surface area contributed by atoms with Gasteiger partial charge in [-0.25, -0.2) is 13.1 Å². The van der Waals surface area contributed by atoms with Gasteiger partial charge in [0.25, 0.3) is 5.91 Å². The summed E-state index contributed by atoms with van der Waals surface area (Å²) in [5.74, 6) is -0.749. The Hall–Kier alpha value is -2.13. The molecule has 10 heteroatoms. The van der Waals surface area contributed by atoms with E-state index in [9.17, 15) is 18.0 Å². The number of carbonyl (C=O) groups excluding carboxylic acids is 2. The number of likely N-dealkylation sites (tertiary alicyclic amines) is 1. The maximum Gasteiger partial charge on any atom is 0.254 e. The molecular formula is C20H21Cl2N3O4S. The molecule has 2 N–H and O–H groups in total. The molecule has 0 aliphatic carbocycles. The first-order valence-electron chi connectivity index (χ1n) is 9.39. The summed E-state index contributed by atoms with van der Waals surface area (Å²) in [5, 5.41) is 3.52. The molecule has 1 saturated heterocycles. The van der Waals surface area contributed by atoms with E-state index < -0.39 is 22.0 Å². The molecule has 0 radical (unpaired) electrons. The number of benzene rings is 2. The van der Waals surface area contributed by atoms with Crippen LogP contribution in [0, 0.1) is 0 Å². The summed E-state index contributed by atoms with van der Waals surface area (Å²) < 4.78 is 26.9. The minimum Gasteiger partial charge on any atom is -0.327 e. The van der Waals surface area contributed by atoms with Crippen molar-refractivity contribution in [2.24, 2.45) is 0 Å². The van der Waals surface area contributed by atoms with E-state index in [1.807, 2.05) is 0 Å².